The summed E-state index contributed by atoms with van der Waals surface area (Å²) >= 11 is 3.16. The molecule has 0 aromatic carbocycles. The molecule has 0 saturated carbocycles. The van der Waals surface area contributed by atoms with E-state index in [2.05, 4.69) is 46.2 Å². The molecule has 0 spiro atoms. The Morgan fingerprint density at radius 1 is 1.24 bits per heavy atom. The van der Waals surface area contributed by atoms with Gasteiger partial charge in [0.05, 0.1) is 11.4 Å². The van der Waals surface area contributed by atoms with Crippen LogP contribution in [0.25, 0.3) is 0 Å². The minimum absolute atomic E-state index is 0.00231. The minimum Gasteiger partial charge on any atom is -0.307 e. The first-order chi connectivity index (χ1) is 9.83. The van der Waals surface area contributed by atoms with Crippen LogP contribution in [0.2, 0.25) is 0 Å². The lowest BCUT2D eigenvalue weighted by Crippen LogP contribution is -2.20. The number of hydrogen-bond donors (Lipinski definition) is 3. The predicted molar refractivity (Wildman–Crippen MR) is 79.9 cm³/mol. The van der Waals surface area contributed by atoms with E-state index in [-0.39, 0.29) is 16.7 Å². The largest absolute Gasteiger partial charge is 0.307 e. The molecule has 0 bridgehead atoms. The summed E-state index contributed by atoms with van der Waals surface area (Å²) in [5, 5.41) is 7.50. The number of nitrogens with two attached hydrogens (primary N) is 1. The van der Waals surface area contributed by atoms with Gasteiger partial charge in [0.2, 0.25) is 0 Å². The topological polar surface area (TPSA) is 136 Å². The molecule has 0 amide bonds. The molecule has 9 nitrogen and oxygen atoms in total. The number of hydrazine groups is 1. The maximum Gasteiger partial charge on any atom is 0.268 e. The van der Waals surface area contributed by atoms with E-state index in [1.807, 2.05) is 0 Å². The maximum absolute atomic E-state index is 12.4. The summed E-state index contributed by atoms with van der Waals surface area (Å²) in [7, 11) is -3.96. The van der Waals surface area contributed by atoms with Crippen LogP contribution in [0.1, 0.15) is 11.4 Å². The third-order valence-corrected chi connectivity index (χ3v) is 4.34. The van der Waals surface area contributed by atoms with Crippen LogP contribution in [0.4, 0.5) is 11.8 Å². The molecule has 0 radical (unpaired) electrons. The number of aromatic nitrogens is 4. The lowest BCUT2D eigenvalue weighted by atomic mass is 10.4. The molecule has 2 heterocycles. The third kappa shape index (κ3) is 3.43. The van der Waals surface area contributed by atoms with Crippen LogP contribution in [0, 0.1) is 13.8 Å². The van der Waals surface area contributed by atoms with Crippen LogP contribution in [-0.4, -0.2) is 28.6 Å². The molecule has 2 aromatic heterocycles. The number of sulfonamides is 1. The van der Waals surface area contributed by atoms with Gasteiger partial charge in [-0.2, -0.15) is 5.10 Å². The SMILES string of the molecule is Cc1nnc(NS(=O)(=O)c2cc(Br)cnc2NN)nc1C. The summed E-state index contributed by atoms with van der Waals surface area (Å²) < 4.78 is 27.4. The number of aryl methyl sites for hydroxylation is 2. The molecule has 11 heteroatoms. The molecule has 0 saturated heterocycles. The molecule has 21 heavy (non-hydrogen) atoms. The number of halogens is 1. The number of rotatable bonds is 4. The minimum atomic E-state index is -3.96. The van der Waals surface area contributed by atoms with Crippen LogP contribution in [-0.2, 0) is 10.0 Å². The van der Waals surface area contributed by atoms with Gasteiger partial charge in [-0.25, -0.2) is 29.0 Å². The Hall–Kier alpha value is -1.85. The first-order valence-electron chi connectivity index (χ1n) is 5.66. The Morgan fingerprint density at radius 3 is 2.57 bits per heavy atom. The number of nitrogens with one attached hydrogen (secondary N) is 2. The lowest BCUT2D eigenvalue weighted by Gasteiger charge is -2.10. The zero-order valence-electron chi connectivity index (χ0n) is 11.1. The van der Waals surface area contributed by atoms with Gasteiger partial charge in [-0.05, 0) is 35.8 Å². The second-order valence-electron chi connectivity index (χ2n) is 4.06. The van der Waals surface area contributed by atoms with Crippen molar-refractivity contribution in [2.24, 2.45) is 5.84 Å². The first-order valence-corrected chi connectivity index (χ1v) is 7.94. The zero-order chi connectivity index (χ0) is 15.6. The number of nitrogens with zero attached hydrogens (tertiary/aromatic N) is 4. The summed E-state index contributed by atoms with van der Waals surface area (Å²) in [6.45, 7) is 3.43. The Bertz CT molecular complexity index is 781. The number of nitrogen functional groups attached to an aromatic ring is 1. The van der Waals surface area contributed by atoms with E-state index < -0.39 is 10.0 Å². The summed E-state index contributed by atoms with van der Waals surface area (Å²) in [5.74, 6) is 5.15. The Kier molecular flexibility index (Phi) is 4.34. The molecule has 2 rings (SSSR count). The van der Waals surface area contributed by atoms with Gasteiger partial charge >= 0.3 is 0 Å². The van der Waals surface area contributed by atoms with Crippen LogP contribution in [0.3, 0.4) is 0 Å². The lowest BCUT2D eigenvalue weighted by molar-refractivity contribution is 0.600. The smallest absolute Gasteiger partial charge is 0.268 e. The highest BCUT2D eigenvalue weighted by molar-refractivity contribution is 9.10. The van der Waals surface area contributed by atoms with Crippen LogP contribution in [0.5, 0.6) is 0 Å². The van der Waals surface area contributed by atoms with Crippen molar-refractivity contribution in [3.8, 4) is 0 Å². The standard InChI is InChI=1S/C10H12BrN7O2S/c1-5-6(2)16-17-10(14-5)18-21(19,20)8-3-7(11)4-13-9(8)15-12/h3-4H,12H2,1-2H3,(H,13,15)(H,14,17,18). The van der Waals surface area contributed by atoms with E-state index in [0.29, 0.717) is 15.9 Å². The van der Waals surface area contributed by atoms with E-state index in [9.17, 15) is 8.42 Å². The van der Waals surface area contributed by atoms with E-state index in [4.69, 9.17) is 5.84 Å². The van der Waals surface area contributed by atoms with Gasteiger partial charge in [-0.1, -0.05) is 0 Å². The summed E-state index contributed by atoms with van der Waals surface area (Å²) in [6.07, 6.45) is 1.42. The maximum atomic E-state index is 12.4. The molecule has 0 unspecified atom stereocenters. The molecule has 0 aliphatic heterocycles. The summed E-state index contributed by atoms with van der Waals surface area (Å²) in [5.41, 5.74) is 3.42. The highest BCUT2D eigenvalue weighted by atomic mass is 79.9. The Labute approximate surface area is 129 Å². The van der Waals surface area contributed by atoms with Gasteiger partial charge in [0.25, 0.3) is 16.0 Å². The summed E-state index contributed by atoms with van der Waals surface area (Å²) in [4.78, 5) is 7.75. The molecule has 0 atom stereocenters. The molecular weight excluding hydrogens is 362 g/mol. The van der Waals surface area contributed by atoms with Crippen molar-refractivity contribution in [1.82, 2.24) is 20.2 Å². The zero-order valence-corrected chi connectivity index (χ0v) is 13.5. The molecule has 2 aromatic rings. The second kappa shape index (κ2) is 5.87. The summed E-state index contributed by atoms with van der Waals surface area (Å²) in [6, 6.07) is 1.36. The van der Waals surface area contributed by atoms with Crippen molar-refractivity contribution < 1.29 is 8.42 Å². The Morgan fingerprint density at radius 2 is 1.95 bits per heavy atom. The Balaban J connectivity index is 2.42. The van der Waals surface area contributed by atoms with Gasteiger partial charge in [-0.3, -0.25) is 0 Å². The monoisotopic (exact) mass is 373 g/mol. The highest BCUT2D eigenvalue weighted by Gasteiger charge is 2.21. The van der Waals surface area contributed by atoms with E-state index >= 15 is 0 Å². The average Bonchev–Trinajstić information content (AvgIpc) is 2.42. The van der Waals surface area contributed by atoms with Crippen molar-refractivity contribution in [3.05, 3.63) is 28.1 Å². The van der Waals surface area contributed by atoms with Crippen LogP contribution in [0.15, 0.2) is 21.6 Å². The highest BCUT2D eigenvalue weighted by Crippen LogP contribution is 2.23. The number of anilines is 2. The molecule has 112 valence electrons. The fourth-order valence-electron chi connectivity index (χ4n) is 1.41. The predicted octanol–water partition coefficient (Wildman–Crippen LogP) is 0.732. The van der Waals surface area contributed by atoms with Gasteiger partial charge in [0, 0.05) is 10.7 Å². The van der Waals surface area contributed by atoms with Crippen molar-refractivity contribution >= 4 is 37.7 Å². The van der Waals surface area contributed by atoms with Gasteiger partial charge in [-0.15, -0.1) is 5.10 Å². The van der Waals surface area contributed by atoms with Crippen molar-refractivity contribution in [2.75, 3.05) is 10.1 Å². The molecule has 0 aliphatic rings. The third-order valence-electron chi connectivity index (χ3n) is 2.56. The van der Waals surface area contributed by atoms with Crippen molar-refractivity contribution in [1.29, 1.82) is 0 Å². The fourth-order valence-corrected chi connectivity index (χ4v) is 2.98. The molecule has 4 N–H and O–H groups in total. The van der Waals surface area contributed by atoms with Crippen LogP contribution < -0.4 is 16.0 Å². The van der Waals surface area contributed by atoms with Gasteiger partial charge < -0.3 is 5.43 Å². The van der Waals surface area contributed by atoms with Crippen LogP contribution >= 0.6 is 15.9 Å². The van der Waals surface area contributed by atoms with Crippen molar-refractivity contribution in [3.63, 3.8) is 0 Å². The van der Waals surface area contributed by atoms with E-state index in [0.717, 1.165) is 0 Å². The molecule has 0 fully saturated rings. The van der Waals surface area contributed by atoms with E-state index in [1.165, 1.54) is 12.3 Å². The quantitative estimate of drug-likeness (QED) is 0.526. The van der Waals surface area contributed by atoms with E-state index in [1.54, 1.807) is 13.8 Å². The second-order valence-corrected chi connectivity index (χ2v) is 6.62. The first kappa shape index (κ1) is 15.5. The normalized spacial score (nSPS) is 11.2. The number of pyridine rings is 1. The average molecular weight is 374 g/mol. The van der Waals surface area contributed by atoms with Gasteiger partial charge in [0.1, 0.15) is 4.90 Å². The van der Waals surface area contributed by atoms with Crippen molar-refractivity contribution in [2.45, 2.75) is 18.7 Å². The molecule has 0 aliphatic carbocycles. The molecular formula is C10H12BrN7O2S. The van der Waals surface area contributed by atoms with Gasteiger partial charge in [0.15, 0.2) is 5.82 Å². The number of hydrogen-bond acceptors (Lipinski definition) is 8. The fraction of sp³-hybridized carbons (Fsp3) is 0.200.